The summed E-state index contributed by atoms with van der Waals surface area (Å²) in [5.41, 5.74) is 1.82. The Bertz CT molecular complexity index is 559. The van der Waals surface area contributed by atoms with Crippen LogP contribution in [-0.2, 0) is 11.3 Å². The molecule has 0 radical (unpaired) electrons. The molecule has 0 aliphatic heterocycles. The van der Waals surface area contributed by atoms with Crippen molar-refractivity contribution >= 4 is 11.6 Å². The Labute approximate surface area is 150 Å². The Morgan fingerprint density at radius 3 is 2.58 bits per heavy atom. The van der Waals surface area contributed by atoms with Gasteiger partial charge in [-0.3, -0.25) is 0 Å². The molecular formula is C20H30ClNO2. The lowest BCUT2D eigenvalue weighted by molar-refractivity contribution is 0.0231. The Hall–Kier alpha value is -0.610. The third-order valence-corrected chi connectivity index (χ3v) is 7.14. The fraction of sp³-hybridized carbons (Fsp3) is 0.700. The molecular weight excluding hydrogens is 322 g/mol. The van der Waals surface area contributed by atoms with Gasteiger partial charge in [-0.05, 0) is 53.7 Å². The van der Waals surface area contributed by atoms with E-state index in [0.717, 1.165) is 16.5 Å². The van der Waals surface area contributed by atoms with E-state index in [1.807, 2.05) is 24.3 Å². The summed E-state index contributed by atoms with van der Waals surface area (Å²) in [7, 11) is 0. The first kappa shape index (κ1) is 18.2. The van der Waals surface area contributed by atoms with E-state index in [1.165, 1.54) is 19.3 Å². The molecule has 2 bridgehead atoms. The number of ether oxygens (including phenoxy) is 1. The van der Waals surface area contributed by atoms with Gasteiger partial charge in [-0.15, -0.1) is 0 Å². The van der Waals surface area contributed by atoms with Crippen LogP contribution < -0.4 is 5.32 Å². The normalized spacial score (nSPS) is 32.2. The summed E-state index contributed by atoms with van der Waals surface area (Å²) < 4.78 is 5.63. The molecule has 3 rings (SSSR count). The molecule has 24 heavy (non-hydrogen) atoms. The minimum Gasteiger partial charge on any atom is -0.389 e. The van der Waals surface area contributed by atoms with Crippen LogP contribution in [0.15, 0.2) is 24.3 Å². The molecule has 1 aromatic rings. The first-order chi connectivity index (χ1) is 11.3. The predicted octanol–water partition coefficient (Wildman–Crippen LogP) is 4.02. The Morgan fingerprint density at radius 1 is 1.29 bits per heavy atom. The monoisotopic (exact) mass is 351 g/mol. The topological polar surface area (TPSA) is 41.5 Å². The highest BCUT2D eigenvalue weighted by molar-refractivity contribution is 6.30. The van der Waals surface area contributed by atoms with Crippen LogP contribution in [0.3, 0.4) is 0 Å². The zero-order chi connectivity index (χ0) is 17.4. The Kier molecular flexibility index (Phi) is 5.27. The fourth-order valence-corrected chi connectivity index (χ4v) is 4.87. The molecule has 2 fully saturated rings. The maximum atomic E-state index is 10.2. The minimum atomic E-state index is -0.469. The van der Waals surface area contributed by atoms with Gasteiger partial charge in [-0.1, -0.05) is 44.5 Å². The Balaban J connectivity index is 1.40. The van der Waals surface area contributed by atoms with Gasteiger partial charge in [0.2, 0.25) is 0 Å². The summed E-state index contributed by atoms with van der Waals surface area (Å²) in [5, 5.41) is 14.6. The van der Waals surface area contributed by atoms with E-state index < -0.39 is 6.10 Å². The van der Waals surface area contributed by atoms with Crippen LogP contribution in [0.5, 0.6) is 0 Å². The van der Waals surface area contributed by atoms with E-state index >= 15 is 0 Å². The highest BCUT2D eigenvalue weighted by Gasteiger charge is 2.60. The number of nitrogens with one attached hydrogen (secondary N) is 1. The van der Waals surface area contributed by atoms with Crippen molar-refractivity contribution < 1.29 is 9.84 Å². The van der Waals surface area contributed by atoms with Crippen LogP contribution in [0.4, 0.5) is 0 Å². The minimum absolute atomic E-state index is 0.349. The fourth-order valence-electron chi connectivity index (χ4n) is 4.74. The van der Waals surface area contributed by atoms with Gasteiger partial charge in [0.05, 0.1) is 19.3 Å². The molecule has 1 aromatic carbocycles. The molecule has 3 nitrogen and oxygen atoms in total. The second kappa shape index (κ2) is 6.95. The number of halogens is 1. The molecule has 0 saturated heterocycles. The van der Waals surface area contributed by atoms with E-state index in [2.05, 4.69) is 26.1 Å². The van der Waals surface area contributed by atoms with Crippen molar-refractivity contribution in [2.45, 2.75) is 58.8 Å². The van der Waals surface area contributed by atoms with Crippen LogP contribution in [0, 0.1) is 16.7 Å². The number of aliphatic hydroxyl groups is 1. The summed E-state index contributed by atoms with van der Waals surface area (Å²) in [4.78, 5) is 0. The predicted molar refractivity (Wildman–Crippen MR) is 98.1 cm³/mol. The van der Waals surface area contributed by atoms with E-state index in [0.29, 0.717) is 36.6 Å². The van der Waals surface area contributed by atoms with E-state index in [9.17, 15) is 5.11 Å². The highest BCUT2D eigenvalue weighted by Crippen LogP contribution is 2.65. The highest BCUT2D eigenvalue weighted by atomic mass is 35.5. The average Bonchev–Trinajstić information content (AvgIpc) is 2.88. The number of rotatable bonds is 7. The quantitative estimate of drug-likeness (QED) is 0.779. The molecule has 0 amide bonds. The van der Waals surface area contributed by atoms with Gasteiger partial charge >= 0.3 is 0 Å². The number of aliphatic hydroxyl groups excluding tert-OH is 1. The van der Waals surface area contributed by atoms with Crippen LogP contribution in [0.25, 0.3) is 0 Å². The van der Waals surface area contributed by atoms with E-state index in [-0.39, 0.29) is 0 Å². The van der Waals surface area contributed by atoms with Crippen LogP contribution in [-0.4, -0.2) is 30.4 Å². The maximum absolute atomic E-state index is 10.2. The first-order valence-electron chi connectivity index (χ1n) is 9.06. The molecule has 134 valence electrons. The summed E-state index contributed by atoms with van der Waals surface area (Å²) in [5.74, 6) is 0.818. The second-order valence-electron chi connectivity index (χ2n) is 8.37. The zero-order valence-corrected chi connectivity index (χ0v) is 15.8. The van der Waals surface area contributed by atoms with Crippen molar-refractivity contribution in [1.29, 1.82) is 0 Å². The molecule has 4 unspecified atom stereocenters. The van der Waals surface area contributed by atoms with Crippen molar-refractivity contribution in [3.63, 3.8) is 0 Å². The third kappa shape index (κ3) is 3.37. The number of fused-ring (bicyclic) bond motifs is 2. The van der Waals surface area contributed by atoms with Gasteiger partial charge in [0.25, 0.3) is 0 Å². The lowest BCUT2D eigenvalue weighted by Crippen LogP contribution is -2.47. The SMILES string of the molecule is CC1(C)C2CCC1(C)C(NCC(O)COCc1ccc(Cl)cc1)C2. The number of hydrogen-bond donors (Lipinski definition) is 2. The van der Waals surface area contributed by atoms with E-state index in [4.69, 9.17) is 16.3 Å². The molecule has 2 aliphatic carbocycles. The molecule has 0 spiro atoms. The number of hydrogen-bond acceptors (Lipinski definition) is 3. The molecule has 4 atom stereocenters. The molecule has 2 saturated carbocycles. The van der Waals surface area contributed by atoms with Gasteiger partial charge in [0, 0.05) is 17.6 Å². The Morgan fingerprint density at radius 2 is 2.00 bits per heavy atom. The molecule has 4 heteroatoms. The van der Waals surface area contributed by atoms with Crippen LogP contribution in [0.2, 0.25) is 5.02 Å². The summed E-state index contributed by atoms with van der Waals surface area (Å²) in [6.45, 7) is 8.71. The summed E-state index contributed by atoms with van der Waals surface area (Å²) >= 11 is 5.87. The van der Waals surface area contributed by atoms with E-state index in [1.54, 1.807) is 0 Å². The summed E-state index contributed by atoms with van der Waals surface area (Å²) in [6, 6.07) is 8.12. The average molecular weight is 352 g/mol. The van der Waals surface area contributed by atoms with Gasteiger partial charge < -0.3 is 15.2 Å². The molecule has 2 aliphatic rings. The largest absolute Gasteiger partial charge is 0.389 e. The second-order valence-corrected chi connectivity index (χ2v) is 8.80. The lowest BCUT2D eigenvalue weighted by atomic mass is 9.69. The number of benzene rings is 1. The lowest BCUT2D eigenvalue weighted by Gasteiger charge is -2.40. The van der Waals surface area contributed by atoms with Gasteiger partial charge in [0.15, 0.2) is 0 Å². The smallest absolute Gasteiger partial charge is 0.0897 e. The van der Waals surface area contributed by atoms with Crippen molar-refractivity contribution in [3.05, 3.63) is 34.9 Å². The molecule has 0 heterocycles. The zero-order valence-electron chi connectivity index (χ0n) is 15.0. The van der Waals surface area contributed by atoms with Crippen LogP contribution in [0.1, 0.15) is 45.6 Å². The van der Waals surface area contributed by atoms with Crippen LogP contribution >= 0.6 is 11.6 Å². The van der Waals surface area contributed by atoms with Crippen molar-refractivity contribution in [2.24, 2.45) is 16.7 Å². The summed E-state index contributed by atoms with van der Waals surface area (Å²) in [6.07, 6.45) is 3.42. The third-order valence-electron chi connectivity index (χ3n) is 6.89. The van der Waals surface area contributed by atoms with Gasteiger partial charge in [-0.2, -0.15) is 0 Å². The molecule has 2 N–H and O–H groups in total. The van der Waals surface area contributed by atoms with Crippen molar-refractivity contribution in [2.75, 3.05) is 13.2 Å². The van der Waals surface area contributed by atoms with Gasteiger partial charge in [0.1, 0.15) is 0 Å². The maximum Gasteiger partial charge on any atom is 0.0897 e. The van der Waals surface area contributed by atoms with Crippen molar-refractivity contribution in [1.82, 2.24) is 5.32 Å². The standard InChI is InChI=1S/C20H30ClNO2/c1-19(2)15-8-9-20(19,3)18(10-15)22-11-17(23)13-24-12-14-4-6-16(21)7-5-14/h4-7,15,17-18,22-23H,8-13H2,1-3H3. The van der Waals surface area contributed by atoms with Crippen molar-refractivity contribution in [3.8, 4) is 0 Å². The van der Waals surface area contributed by atoms with Gasteiger partial charge in [-0.25, -0.2) is 0 Å². The molecule has 0 aromatic heterocycles. The first-order valence-corrected chi connectivity index (χ1v) is 9.44.